The molecule has 0 aliphatic heterocycles. The summed E-state index contributed by atoms with van der Waals surface area (Å²) in [4.78, 5) is 10.9. The van der Waals surface area contributed by atoms with Gasteiger partial charge in [0, 0.05) is 22.6 Å². The number of nitrogens with zero attached hydrogens (tertiary/aromatic N) is 1. The normalized spacial score (nSPS) is 11.3. The van der Waals surface area contributed by atoms with Gasteiger partial charge in [-0.2, -0.15) is 0 Å². The Balaban J connectivity index is 2.65. The molecule has 1 aromatic heterocycles. The fourth-order valence-electron chi connectivity index (χ4n) is 2.31. The summed E-state index contributed by atoms with van der Waals surface area (Å²) in [7, 11) is 0. The first-order valence-electron chi connectivity index (χ1n) is 5.81. The molecule has 0 aliphatic carbocycles. The molecule has 3 nitrogen and oxygen atoms in total. The molecule has 0 spiro atoms. The fraction of sp³-hybridized carbons (Fsp3) is 0.357. The molecule has 1 N–H and O–H groups in total. The molecule has 2 aromatic rings. The molecule has 17 heavy (non-hydrogen) atoms. The van der Waals surface area contributed by atoms with Crippen LogP contribution in [0.25, 0.3) is 10.9 Å². The van der Waals surface area contributed by atoms with E-state index in [4.69, 9.17) is 5.11 Å². The number of aliphatic carboxylic acids is 1. The van der Waals surface area contributed by atoms with Gasteiger partial charge in [0.1, 0.15) is 0 Å². The largest absolute Gasteiger partial charge is 0.481 e. The summed E-state index contributed by atoms with van der Waals surface area (Å²) < 4.78 is 2.10. The average molecular weight is 231 g/mol. The maximum atomic E-state index is 10.9. The van der Waals surface area contributed by atoms with E-state index in [1.165, 1.54) is 5.56 Å². The number of hydrogen-bond donors (Lipinski definition) is 1. The third kappa shape index (κ3) is 2.18. The number of carboxylic acids is 1. The Morgan fingerprint density at radius 2 is 2.06 bits per heavy atom. The van der Waals surface area contributed by atoms with Crippen LogP contribution in [0, 0.1) is 6.92 Å². The lowest BCUT2D eigenvalue weighted by atomic mass is 10.2. The zero-order valence-electron chi connectivity index (χ0n) is 10.4. The predicted molar refractivity (Wildman–Crippen MR) is 68.4 cm³/mol. The maximum Gasteiger partial charge on any atom is 0.309 e. The second kappa shape index (κ2) is 4.24. The molecular formula is C14H17NO2. The quantitative estimate of drug-likeness (QED) is 0.881. The Bertz CT molecular complexity index is 567. The summed E-state index contributed by atoms with van der Waals surface area (Å²) in [6.07, 6.45) is 0.0753. The van der Waals surface area contributed by atoms with Gasteiger partial charge < -0.3 is 9.67 Å². The summed E-state index contributed by atoms with van der Waals surface area (Å²) in [5.74, 6) is -0.786. The topological polar surface area (TPSA) is 42.2 Å². The molecule has 1 aromatic carbocycles. The van der Waals surface area contributed by atoms with Crippen LogP contribution in [0.1, 0.15) is 31.1 Å². The van der Waals surface area contributed by atoms with Gasteiger partial charge in [0.15, 0.2) is 0 Å². The lowest BCUT2D eigenvalue weighted by Gasteiger charge is -2.13. The standard InChI is InChI=1S/C14H17NO2/c1-9(2)15-12(8-14(16)17)7-11-6-10(3)4-5-13(11)15/h4-7,9H,8H2,1-3H3,(H,16,17). The van der Waals surface area contributed by atoms with Crippen molar-refractivity contribution in [3.63, 3.8) is 0 Å². The SMILES string of the molecule is Cc1ccc2c(c1)cc(CC(=O)O)n2C(C)C. The minimum atomic E-state index is -0.786. The van der Waals surface area contributed by atoms with Gasteiger partial charge in [-0.25, -0.2) is 0 Å². The third-order valence-corrected chi connectivity index (χ3v) is 2.92. The van der Waals surface area contributed by atoms with E-state index in [0.717, 1.165) is 16.6 Å². The lowest BCUT2D eigenvalue weighted by Crippen LogP contribution is -2.09. The second-order valence-corrected chi connectivity index (χ2v) is 4.73. The zero-order chi connectivity index (χ0) is 12.6. The van der Waals surface area contributed by atoms with Gasteiger partial charge >= 0.3 is 5.97 Å². The molecular weight excluding hydrogens is 214 g/mol. The van der Waals surface area contributed by atoms with Crippen molar-refractivity contribution < 1.29 is 9.90 Å². The van der Waals surface area contributed by atoms with Crippen molar-refractivity contribution in [1.82, 2.24) is 4.57 Å². The van der Waals surface area contributed by atoms with Gasteiger partial charge in [0.05, 0.1) is 6.42 Å². The van der Waals surface area contributed by atoms with Crippen LogP contribution in [0.15, 0.2) is 24.3 Å². The van der Waals surface area contributed by atoms with Crippen LogP contribution in [-0.4, -0.2) is 15.6 Å². The number of aromatic nitrogens is 1. The molecule has 0 saturated carbocycles. The first-order valence-corrected chi connectivity index (χ1v) is 5.81. The summed E-state index contributed by atoms with van der Waals surface area (Å²) in [6, 6.07) is 8.47. The minimum absolute atomic E-state index is 0.0753. The number of aryl methyl sites for hydroxylation is 1. The number of carboxylic acid groups (broad SMARTS) is 1. The van der Waals surface area contributed by atoms with Crippen molar-refractivity contribution in [3.05, 3.63) is 35.5 Å². The number of benzene rings is 1. The molecule has 0 aliphatic rings. The van der Waals surface area contributed by atoms with Crippen LogP contribution in [0.2, 0.25) is 0 Å². The number of fused-ring (bicyclic) bond motifs is 1. The first kappa shape index (κ1) is 11.7. The molecule has 0 fully saturated rings. The van der Waals surface area contributed by atoms with Gasteiger partial charge in [0.2, 0.25) is 0 Å². The molecule has 0 bridgehead atoms. The van der Waals surface area contributed by atoms with Crippen LogP contribution in [0.4, 0.5) is 0 Å². The number of rotatable bonds is 3. The molecule has 90 valence electrons. The second-order valence-electron chi connectivity index (χ2n) is 4.73. The Morgan fingerprint density at radius 3 is 2.65 bits per heavy atom. The maximum absolute atomic E-state index is 10.9. The minimum Gasteiger partial charge on any atom is -0.481 e. The monoisotopic (exact) mass is 231 g/mol. The summed E-state index contributed by atoms with van der Waals surface area (Å²) in [6.45, 7) is 6.19. The third-order valence-electron chi connectivity index (χ3n) is 2.92. The van der Waals surface area contributed by atoms with Crippen LogP contribution < -0.4 is 0 Å². The fourth-order valence-corrected chi connectivity index (χ4v) is 2.31. The Hall–Kier alpha value is -1.77. The van der Waals surface area contributed by atoms with Crippen LogP contribution in [0.5, 0.6) is 0 Å². The summed E-state index contributed by atoms with van der Waals surface area (Å²) >= 11 is 0. The van der Waals surface area contributed by atoms with Gasteiger partial charge in [-0.3, -0.25) is 4.79 Å². The highest BCUT2D eigenvalue weighted by molar-refractivity contribution is 5.84. The smallest absolute Gasteiger partial charge is 0.309 e. The Morgan fingerprint density at radius 1 is 1.35 bits per heavy atom. The highest BCUT2D eigenvalue weighted by atomic mass is 16.4. The van der Waals surface area contributed by atoms with E-state index in [0.29, 0.717) is 0 Å². The lowest BCUT2D eigenvalue weighted by molar-refractivity contribution is -0.136. The Kier molecular flexibility index (Phi) is 2.92. The predicted octanol–water partition coefficient (Wildman–Crippen LogP) is 3.16. The van der Waals surface area contributed by atoms with Crippen molar-refractivity contribution >= 4 is 16.9 Å². The molecule has 0 unspecified atom stereocenters. The van der Waals surface area contributed by atoms with Gasteiger partial charge in [-0.15, -0.1) is 0 Å². The van der Waals surface area contributed by atoms with Gasteiger partial charge in [0.25, 0.3) is 0 Å². The molecule has 1 heterocycles. The molecule has 3 heteroatoms. The van der Waals surface area contributed by atoms with Crippen molar-refractivity contribution in [2.75, 3.05) is 0 Å². The molecule has 0 atom stereocenters. The van der Waals surface area contributed by atoms with Crippen molar-refractivity contribution in [2.24, 2.45) is 0 Å². The van der Waals surface area contributed by atoms with E-state index < -0.39 is 5.97 Å². The average Bonchev–Trinajstić information content (AvgIpc) is 2.53. The van der Waals surface area contributed by atoms with E-state index in [9.17, 15) is 4.79 Å². The number of carbonyl (C=O) groups is 1. The molecule has 2 rings (SSSR count). The van der Waals surface area contributed by atoms with Crippen LogP contribution >= 0.6 is 0 Å². The highest BCUT2D eigenvalue weighted by Crippen LogP contribution is 2.25. The van der Waals surface area contributed by atoms with E-state index in [2.05, 4.69) is 36.6 Å². The van der Waals surface area contributed by atoms with Crippen molar-refractivity contribution in [3.8, 4) is 0 Å². The molecule has 0 saturated heterocycles. The van der Waals surface area contributed by atoms with E-state index in [-0.39, 0.29) is 12.5 Å². The van der Waals surface area contributed by atoms with Crippen LogP contribution in [0.3, 0.4) is 0 Å². The van der Waals surface area contributed by atoms with Gasteiger partial charge in [-0.1, -0.05) is 11.6 Å². The molecule has 0 amide bonds. The summed E-state index contributed by atoms with van der Waals surface area (Å²) in [5, 5.41) is 10.1. The van der Waals surface area contributed by atoms with Crippen molar-refractivity contribution in [1.29, 1.82) is 0 Å². The van der Waals surface area contributed by atoms with Crippen LogP contribution in [-0.2, 0) is 11.2 Å². The highest BCUT2D eigenvalue weighted by Gasteiger charge is 2.13. The Labute approximate surface area is 101 Å². The summed E-state index contributed by atoms with van der Waals surface area (Å²) in [5.41, 5.74) is 3.18. The van der Waals surface area contributed by atoms with E-state index in [1.807, 2.05) is 13.0 Å². The molecule has 0 radical (unpaired) electrons. The van der Waals surface area contributed by atoms with E-state index in [1.54, 1.807) is 0 Å². The first-order chi connectivity index (χ1) is 7.99. The zero-order valence-corrected chi connectivity index (χ0v) is 10.4. The van der Waals surface area contributed by atoms with E-state index >= 15 is 0 Å². The number of hydrogen-bond acceptors (Lipinski definition) is 1. The van der Waals surface area contributed by atoms with Crippen molar-refractivity contribution in [2.45, 2.75) is 33.2 Å². The van der Waals surface area contributed by atoms with Gasteiger partial charge in [-0.05, 0) is 39.0 Å².